The zero-order valence-corrected chi connectivity index (χ0v) is 17.5. The fraction of sp³-hybridized carbons (Fsp3) is 0.238. The first kappa shape index (κ1) is 18.4. The molecule has 0 fully saturated rings. The van der Waals surface area contributed by atoms with Crippen LogP contribution >= 0.6 is 22.9 Å². The second-order valence-electron chi connectivity index (χ2n) is 7.09. The van der Waals surface area contributed by atoms with E-state index in [0.29, 0.717) is 29.1 Å². The van der Waals surface area contributed by atoms with E-state index < -0.39 is 0 Å². The van der Waals surface area contributed by atoms with E-state index >= 15 is 0 Å². The van der Waals surface area contributed by atoms with E-state index in [0.717, 1.165) is 26.4 Å². The van der Waals surface area contributed by atoms with Gasteiger partial charge in [-0.1, -0.05) is 29.8 Å². The minimum absolute atomic E-state index is 0.306. The van der Waals surface area contributed by atoms with Crippen LogP contribution in [0.25, 0.3) is 22.2 Å². The van der Waals surface area contributed by atoms with Crippen molar-refractivity contribution in [1.82, 2.24) is 13.7 Å². The third kappa shape index (κ3) is 2.65. The SMILES string of the molecule is Cn1c(=O)c2c(-c3ccc(Cl)cc3)n3c(c2n(C)c1=O)[C@H](c1cccs1)OCC3. The van der Waals surface area contributed by atoms with Crippen molar-refractivity contribution >= 4 is 33.8 Å². The van der Waals surface area contributed by atoms with Gasteiger partial charge in [-0.3, -0.25) is 13.9 Å². The van der Waals surface area contributed by atoms with Crippen LogP contribution in [0.15, 0.2) is 51.4 Å². The maximum atomic E-state index is 13.2. The van der Waals surface area contributed by atoms with Gasteiger partial charge in [0.05, 0.1) is 28.9 Å². The van der Waals surface area contributed by atoms with E-state index in [4.69, 9.17) is 16.3 Å². The minimum Gasteiger partial charge on any atom is -0.364 e. The molecule has 0 bridgehead atoms. The second kappa shape index (κ2) is 6.73. The lowest BCUT2D eigenvalue weighted by molar-refractivity contribution is 0.0500. The minimum atomic E-state index is -0.353. The van der Waals surface area contributed by atoms with Crippen molar-refractivity contribution in [2.75, 3.05) is 6.61 Å². The van der Waals surface area contributed by atoms with Crippen LogP contribution in [-0.4, -0.2) is 20.3 Å². The molecule has 0 aliphatic carbocycles. The number of halogens is 1. The molecule has 0 saturated carbocycles. The van der Waals surface area contributed by atoms with Gasteiger partial charge in [0.2, 0.25) is 0 Å². The number of hydrogen-bond acceptors (Lipinski definition) is 4. The molecule has 0 N–H and O–H groups in total. The number of nitrogens with zero attached hydrogens (tertiary/aromatic N) is 3. The summed E-state index contributed by atoms with van der Waals surface area (Å²) in [5, 5.41) is 3.16. The van der Waals surface area contributed by atoms with Gasteiger partial charge in [-0.15, -0.1) is 11.3 Å². The lowest BCUT2D eigenvalue weighted by atomic mass is 10.1. The van der Waals surface area contributed by atoms with Gasteiger partial charge in [0.15, 0.2) is 0 Å². The van der Waals surface area contributed by atoms with Crippen molar-refractivity contribution in [3.8, 4) is 11.3 Å². The van der Waals surface area contributed by atoms with Crippen molar-refractivity contribution in [3.63, 3.8) is 0 Å². The Balaban J connectivity index is 1.97. The molecule has 6 nitrogen and oxygen atoms in total. The fourth-order valence-electron chi connectivity index (χ4n) is 4.14. The molecule has 1 aliphatic rings. The van der Waals surface area contributed by atoms with Crippen LogP contribution in [0.4, 0.5) is 0 Å². The Morgan fingerprint density at radius 1 is 1.10 bits per heavy atom. The highest BCUT2D eigenvalue weighted by molar-refractivity contribution is 7.10. The molecule has 1 aliphatic heterocycles. The molecule has 1 aromatic carbocycles. The molecule has 0 amide bonds. The Bertz CT molecular complexity index is 1350. The van der Waals surface area contributed by atoms with Gasteiger partial charge in [-0.25, -0.2) is 4.79 Å². The molecule has 0 spiro atoms. The Hall–Kier alpha value is -2.61. The maximum Gasteiger partial charge on any atom is 0.331 e. The predicted octanol–water partition coefficient (Wildman–Crippen LogP) is 3.54. The third-order valence-corrected chi connectivity index (χ3v) is 6.64. The van der Waals surface area contributed by atoms with Gasteiger partial charge in [0, 0.05) is 30.5 Å². The Morgan fingerprint density at radius 3 is 2.55 bits per heavy atom. The monoisotopic (exact) mass is 427 g/mol. The fourth-order valence-corrected chi connectivity index (χ4v) is 5.05. The Kier molecular flexibility index (Phi) is 4.27. The first-order valence-corrected chi connectivity index (χ1v) is 10.5. The normalized spacial score (nSPS) is 16.3. The second-order valence-corrected chi connectivity index (χ2v) is 8.50. The van der Waals surface area contributed by atoms with E-state index in [1.165, 1.54) is 7.05 Å². The summed E-state index contributed by atoms with van der Waals surface area (Å²) >= 11 is 7.69. The van der Waals surface area contributed by atoms with Crippen LogP contribution in [0.1, 0.15) is 16.7 Å². The summed E-state index contributed by atoms with van der Waals surface area (Å²) < 4.78 is 11.0. The zero-order chi connectivity index (χ0) is 20.3. The van der Waals surface area contributed by atoms with Gasteiger partial charge in [0.25, 0.3) is 5.56 Å². The first-order valence-electron chi connectivity index (χ1n) is 9.22. The summed E-state index contributed by atoms with van der Waals surface area (Å²) in [4.78, 5) is 27.0. The van der Waals surface area contributed by atoms with Crippen molar-refractivity contribution in [2.45, 2.75) is 12.6 Å². The number of rotatable bonds is 2. The zero-order valence-electron chi connectivity index (χ0n) is 15.9. The molecule has 8 heteroatoms. The van der Waals surface area contributed by atoms with Crippen molar-refractivity contribution in [1.29, 1.82) is 0 Å². The molecule has 148 valence electrons. The molecule has 0 unspecified atom stereocenters. The van der Waals surface area contributed by atoms with Gasteiger partial charge in [0.1, 0.15) is 6.10 Å². The number of hydrogen-bond donors (Lipinski definition) is 0. The van der Waals surface area contributed by atoms with Gasteiger partial charge in [-0.2, -0.15) is 0 Å². The molecular weight excluding hydrogens is 410 g/mol. The summed E-state index contributed by atoms with van der Waals surface area (Å²) in [6.45, 7) is 1.12. The molecule has 4 heterocycles. The van der Waals surface area contributed by atoms with Gasteiger partial charge < -0.3 is 9.30 Å². The molecule has 3 aromatic heterocycles. The van der Waals surface area contributed by atoms with E-state index in [1.807, 2.05) is 41.8 Å². The molecule has 1 atom stereocenters. The highest BCUT2D eigenvalue weighted by atomic mass is 35.5. The van der Waals surface area contributed by atoms with E-state index in [9.17, 15) is 9.59 Å². The number of ether oxygens (including phenoxy) is 1. The lowest BCUT2D eigenvalue weighted by Gasteiger charge is -2.26. The predicted molar refractivity (Wildman–Crippen MR) is 115 cm³/mol. The number of aromatic nitrogens is 3. The quantitative estimate of drug-likeness (QED) is 0.491. The average molecular weight is 428 g/mol. The summed E-state index contributed by atoms with van der Waals surface area (Å²) in [5.41, 5.74) is 2.49. The standard InChI is InChI=1S/C21H18ClN3O3S/c1-23-17-15(20(26)24(2)21(23)27)16(12-5-7-13(22)8-6-12)25-9-10-28-19(18(17)25)14-4-3-11-29-14/h3-8,11,19H,9-10H2,1-2H3/t19-/m0/s1. The molecular formula is C21H18ClN3O3S. The molecule has 0 radical (unpaired) electrons. The molecule has 0 saturated heterocycles. The van der Waals surface area contributed by atoms with Crippen molar-refractivity contribution in [3.05, 3.63) is 78.2 Å². The van der Waals surface area contributed by atoms with Crippen molar-refractivity contribution < 1.29 is 4.74 Å². The smallest absolute Gasteiger partial charge is 0.331 e. The molecule has 29 heavy (non-hydrogen) atoms. The van der Waals surface area contributed by atoms with Crippen LogP contribution in [0.3, 0.4) is 0 Å². The number of benzene rings is 1. The van der Waals surface area contributed by atoms with Crippen LogP contribution < -0.4 is 11.2 Å². The summed E-state index contributed by atoms with van der Waals surface area (Å²) in [5.74, 6) is 0. The largest absolute Gasteiger partial charge is 0.364 e. The summed E-state index contributed by atoms with van der Waals surface area (Å²) in [6.07, 6.45) is -0.329. The maximum absolute atomic E-state index is 13.2. The molecule has 4 aromatic rings. The topological polar surface area (TPSA) is 58.2 Å². The van der Waals surface area contributed by atoms with E-state index in [1.54, 1.807) is 23.0 Å². The number of aryl methyl sites for hydroxylation is 1. The van der Waals surface area contributed by atoms with E-state index in [2.05, 4.69) is 4.57 Å². The van der Waals surface area contributed by atoms with Crippen LogP contribution in [0.2, 0.25) is 5.02 Å². The van der Waals surface area contributed by atoms with Gasteiger partial charge >= 0.3 is 5.69 Å². The summed E-state index contributed by atoms with van der Waals surface area (Å²) in [6, 6.07) is 11.4. The number of thiophene rings is 1. The highest BCUT2D eigenvalue weighted by Crippen LogP contribution is 2.41. The van der Waals surface area contributed by atoms with Crippen LogP contribution in [-0.2, 0) is 25.4 Å². The Morgan fingerprint density at radius 2 is 1.86 bits per heavy atom. The van der Waals surface area contributed by atoms with E-state index in [-0.39, 0.29) is 17.4 Å². The summed E-state index contributed by atoms with van der Waals surface area (Å²) in [7, 11) is 3.22. The number of fused-ring (bicyclic) bond motifs is 3. The highest BCUT2D eigenvalue weighted by Gasteiger charge is 2.33. The first-order chi connectivity index (χ1) is 14.0. The Labute approximate surface area is 175 Å². The van der Waals surface area contributed by atoms with Crippen LogP contribution in [0.5, 0.6) is 0 Å². The van der Waals surface area contributed by atoms with Crippen LogP contribution in [0, 0.1) is 0 Å². The molecule has 5 rings (SSSR count). The van der Waals surface area contributed by atoms with Gasteiger partial charge in [-0.05, 0) is 29.1 Å². The van der Waals surface area contributed by atoms with Crippen molar-refractivity contribution in [2.24, 2.45) is 14.1 Å². The lowest BCUT2D eigenvalue weighted by Crippen LogP contribution is -2.37. The third-order valence-electron chi connectivity index (χ3n) is 5.47. The average Bonchev–Trinajstić information content (AvgIpc) is 3.37.